The Morgan fingerprint density at radius 1 is 1.38 bits per heavy atom. The van der Waals surface area contributed by atoms with Crippen LogP contribution in [0, 0.1) is 0 Å². The van der Waals surface area contributed by atoms with Crippen molar-refractivity contribution in [2.75, 3.05) is 14.2 Å². The van der Waals surface area contributed by atoms with Crippen molar-refractivity contribution in [3.63, 3.8) is 0 Å². The largest absolute Gasteiger partial charge is 0.373 e. The van der Waals surface area contributed by atoms with Gasteiger partial charge in [-0.05, 0) is 6.92 Å². The Morgan fingerprint density at radius 3 is 2.54 bits per heavy atom. The summed E-state index contributed by atoms with van der Waals surface area (Å²) >= 11 is 0. The molecule has 2 aliphatic heterocycles. The molecule has 2 heterocycles. The van der Waals surface area contributed by atoms with E-state index in [0.29, 0.717) is 0 Å². The van der Waals surface area contributed by atoms with Gasteiger partial charge >= 0.3 is 0 Å². The molecule has 4 nitrogen and oxygen atoms in total. The number of hydrogen-bond acceptors (Lipinski definition) is 4. The van der Waals surface area contributed by atoms with Crippen LogP contribution in [0.4, 0.5) is 0 Å². The van der Waals surface area contributed by atoms with Gasteiger partial charge in [-0.1, -0.05) is 0 Å². The Bertz CT molecular complexity index is 212. The molecule has 0 aromatic carbocycles. The van der Waals surface area contributed by atoms with Crippen LogP contribution in [-0.2, 0) is 18.9 Å². The van der Waals surface area contributed by atoms with Gasteiger partial charge in [0.25, 0.3) is 0 Å². The molecule has 72 valence electrons. The highest BCUT2D eigenvalue weighted by molar-refractivity contribution is 6.11. The molecule has 2 bridgehead atoms. The number of rotatable bonds is 2. The summed E-state index contributed by atoms with van der Waals surface area (Å²) in [5.74, 6) is -0.821. The van der Waals surface area contributed by atoms with Crippen LogP contribution < -0.4 is 0 Å². The highest BCUT2D eigenvalue weighted by Crippen LogP contribution is 2.45. The molecule has 2 radical (unpaired) electrons. The Kier molecular flexibility index (Phi) is 2.15. The third-order valence-corrected chi connectivity index (χ3v) is 2.84. The summed E-state index contributed by atoms with van der Waals surface area (Å²) < 4.78 is 21.7. The third-order valence-electron chi connectivity index (χ3n) is 2.84. The fourth-order valence-corrected chi connectivity index (χ4v) is 2.18. The standard InChI is InChI=1S/C8H13BO4/c1-4-8(11-3)6(10-2)5(12-4)7(9)13-8/h4-7H,1-3H3/t4-,5-,6?,7+,8-/m0/s1. The van der Waals surface area contributed by atoms with Crippen molar-refractivity contribution in [1.29, 1.82) is 0 Å². The summed E-state index contributed by atoms with van der Waals surface area (Å²) in [5, 5.41) is 0. The fourth-order valence-electron chi connectivity index (χ4n) is 2.18. The SMILES string of the molecule is [B][C@@H]1O[C@]2(OC)C(OC)[C@@H]1O[C@H]2C. The maximum atomic E-state index is 5.70. The van der Waals surface area contributed by atoms with Crippen LogP contribution in [0.25, 0.3) is 0 Å². The van der Waals surface area contributed by atoms with Crippen LogP contribution in [0.2, 0.25) is 0 Å². The summed E-state index contributed by atoms with van der Waals surface area (Å²) in [7, 11) is 8.88. The topological polar surface area (TPSA) is 36.9 Å². The summed E-state index contributed by atoms with van der Waals surface area (Å²) in [6.45, 7) is 1.89. The lowest BCUT2D eigenvalue weighted by Gasteiger charge is -2.33. The molecule has 0 aromatic heterocycles. The van der Waals surface area contributed by atoms with Crippen LogP contribution in [0.15, 0.2) is 0 Å². The second kappa shape index (κ2) is 2.95. The maximum absolute atomic E-state index is 5.70. The molecule has 2 rings (SSSR count). The lowest BCUT2D eigenvalue weighted by molar-refractivity contribution is -0.280. The van der Waals surface area contributed by atoms with E-state index in [0.717, 1.165) is 0 Å². The van der Waals surface area contributed by atoms with Crippen molar-refractivity contribution < 1.29 is 18.9 Å². The van der Waals surface area contributed by atoms with Gasteiger partial charge in [0, 0.05) is 20.2 Å². The Morgan fingerprint density at radius 2 is 2.08 bits per heavy atom. The molecule has 2 aliphatic rings. The van der Waals surface area contributed by atoms with E-state index in [-0.39, 0.29) is 18.3 Å². The van der Waals surface area contributed by atoms with Crippen LogP contribution in [0.3, 0.4) is 0 Å². The number of fused-ring (bicyclic) bond motifs is 2. The molecular weight excluding hydrogens is 171 g/mol. The van der Waals surface area contributed by atoms with E-state index < -0.39 is 11.8 Å². The summed E-state index contributed by atoms with van der Waals surface area (Å²) in [6, 6.07) is -0.457. The third kappa shape index (κ3) is 1.02. The Hall–Kier alpha value is -0.0951. The zero-order chi connectivity index (χ0) is 9.64. The molecule has 0 spiro atoms. The van der Waals surface area contributed by atoms with Gasteiger partial charge in [-0.3, -0.25) is 0 Å². The Labute approximate surface area is 78.9 Å². The van der Waals surface area contributed by atoms with Gasteiger partial charge in [0.2, 0.25) is 5.79 Å². The van der Waals surface area contributed by atoms with E-state index in [1.807, 2.05) is 6.92 Å². The molecule has 0 amide bonds. The van der Waals surface area contributed by atoms with Gasteiger partial charge < -0.3 is 18.9 Å². The molecule has 0 aliphatic carbocycles. The minimum atomic E-state index is -0.821. The predicted molar refractivity (Wildman–Crippen MR) is 45.5 cm³/mol. The summed E-state index contributed by atoms with van der Waals surface area (Å²) in [5.41, 5.74) is 0. The quantitative estimate of drug-likeness (QED) is 0.550. The van der Waals surface area contributed by atoms with Crippen molar-refractivity contribution in [3.8, 4) is 0 Å². The molecular formula is C8H13BO4. The summed E-state index contributed by atoms with van der Waals surface area (Å²) in [6.07, 6.45) is -0.602. The fraction of sp³-hybridized carbons (Fsp3) is 1.00. The van der Waals surface area contributed by atoms with E-state index in [9.17, 15) is 0 Å². The molecule has 1 unspecified atom stereocenters. The minimum absolute atomic E-state index is 0.146. The van der Waals surface area contributed by atoms with E-state index >= 15 is 0 Å². The van der Waals surface area contributed by atoms with Crippen molar-refractivity contribution in [2.45, 2.75) is 37.0 Å². The van der Waals surface area contributed by atoms with Crippen molar-refractivity contribution in [2.24, 2.45) is 0 Å². The van der Waals surface area contributed by atoms with Gasteiger partial charge in [-0.25, -0.2) is 0 Å². The predicted octanol–water partition coefficient (Wildman–Crippen LogP) is -0.344. The molecule has 2 fully saturated rings. The van der Waals surface area contributed by atoms with Gasteiger partial charge in [-0.15, -0.1) is 0 Å². The average molecular weight is 184 g/mol. The molecule has 5 atom stereocenters. The zero-order valence-corrected chi connectivity index (χ0v) is 8.02. The number of hydrogen-bond donors (Lipinski definition) is 0. The van der Waals surface area contributed by atoms with Crippen LogP contribution in [-0.4, -0.2) is 52.2 Å². The monoisotopic (exact) mass is 184 g/mol. The first-order valence-corrected chi connectivity index (χ1v) is 4.32. The lowest BCUT2D eigenvalue weighted by atomic mass is 9.93. The van der Waals surface area contributed by atoms with Gasteiger partial charge in [-0.2, -0.15) is 0 Å². The molecule has 0 aromatic rings. The van der Waals surface area contributed by atoms with Crippen LogP contribution >= 0.6 is 0 Å². The first-order valence-electron chi connectivity index (χ1n) is 4.32. The summed E-state index contributed by atoms with van der Waals surface area (Å²) in [4.78, 5) is 0. The molecule has 2 saturated heterocycles. The van der Waals surface area contributed by atoms with E-state index in [4.69, 9.17) is 26.8 Å². The molecule has 0 N–H and O–H groups in total. The van der Waals surface area contributed by atoms with Gasteiger partial charge in [0.1, 0.15) is 26.2 Å². The second-order valence-electron chi connectivity index (χ2n) is 3.41. The first-order chi connectivity index (χ1) is 6.15. The van der Waals surface area contributed by atoms with Crippen molar-refractivity contribution in [3.05, 3.63) is 0 Å². The molecule has 0 saturated carbocycles. The molecule has 13 heavy (non-hydrogen) atoms. The van der Waals surface area contributed by atoms with E-state index in [2.05, 4.69) is 0 Å². The van der Waals surface area contributed by atoms with Crippen LogP contribution in [0.1, 0.15) is 6.92 Å². The average Bonchev–Trinajstić information content (AvgIpc) is 2.54. The van der Waals surface area contributed by atoms with Crippen molar-refractivity contribution >= 4 is 7.85 Å². The van der Waals surface area contributed by atoms with E-state index in [1.54, 1.807) is 14.2 Å². The second-order valence-corrected chi connectivity index (χ2v) is 3.41. The minimum Gasteiger partial charge on any atom is -0.373 e. The molecule has 5 heteroatoms. The van der Waals surface area contributed by atoms with Gasteiger partial charge in [0.05, 0.1) is 0 Å². The highest BCUT2D eigenvalue weighted by atomic mass is 16.8. The lowest BCUT2D eigenvalue weighted by Crippen LogP contribution is -2.48. The van der Waals surface area contributed by atoms with E-state index in [1.165, 1.54) is 0 Å². The first kappa shape index (κ1) is 9.46. The number of methoxy groups -OCH3 is 2. The normalized spacial score (nSPS) is 54.4. The smallest absolute Gasteiger partial charge is 0.223 e. The maximum Gasteiger partial charge on any atom is 0.223 e. The zero-order valence-electron chi connectivity index (χ0n) is 8.02. The highest BCUT2D eigenvalue weighted by Gasteiger charge is 2.65. The Balaban J connectivity index is 2.29. The number of ether oxygens (including phenoxy) is 4. The van der Waals surface area contributed by atoms with Crippen LogP contribution in [0.5, 0.6) is 0 Å². The van der Waals surface area contributed by atoms with Crippen molar-refractivity contribution in [1.82, 2.24) is 0 Å². The van der Waals surface area contributed by atoms with Gasteiger partial charge in [0.15, 0.2) is 0 Å².